The molecule has 7 heteroatoms. The minimum absolute atomic E-state index is 0.266. The van der Waals surface area contributed by atoms with Gasteiger partial charge in [-0.25, -0.2) is 9.97 Å². The van der Waals surface area contributed by atoms with Gasteiger partial charge in [-0.05, 0) is 62.1 Å². The average molecular weight is 400 g/mol. The van der Waals surface area contributed by atoms with Crippen LogP contribution in [0, 0.1) is 17.8 Å². The first-order valence-electron chi connectivity index (χ1n) is 10.7. The molecule has 1 aromatic rings. The molecule has 150 valence electrons. The monoisotopic (exact) mass is 399 g/mol. The van der Waals surface area contributed by atoms with Crippen LogP contribution in [0.15, 0.2) is 30.6 Å². The van der Waals surface area contributed by atoms with E-state index in [1.54, 1.807) is 0 Å². The van der Waals surface area contributed by atoms with E-state index in [2.05, 4.69) is 36.2 Å². The zero-order valence-corrected chi connectivity index (χ0v) is 17.1. The molecule has 1 aromatic heterocycles. The molecule has 1 amide bonds. The van der Waals surface area contributed by atoms with Crippen LogP contribution in [0.5, 0.6) is 0 Å². The highest BCUT2D eigenvalue weighted by Gasteiger charge is 2.51. The fourth-order valence-corrected chi connectivity index (χ4v) is 6.74. The molecule has 2 saturated heterocycles. The van der Waals surface area contributed by atoms with Crippen molar-refractivity contribution >= 4 is 23.8 Å². The van der Waals surface area contributed by atoms with Gasteiger partial charge in [-0.15, -0.1) is 0 Å². The Bertz CT molecular complexity index is 721. The SMILES string of the molecule is O=C1C2C3C=CC(CC3)C2SN1CCCCN1CCN(c2ncccn2)CC1. The molecule has 4 atom stereocenters. The lowest BCUT2D eigenvalue weighted by Crippen LogP contribution is -2.47. The van der Waals surface area contributed by atoms with Gasteiger partial charge in [0, 0.05) is 50.4 Å². The van der Waals surface area contributed by atoms with Crippen LogP contribution in [0.1, 0.15) is 25.7 Å². The van der Waals surface area contributed by atoms with E-state index in [0.29, 0.717) is 23.0 Å². The number of aromatic nitrogens is 2. The molecule has 6 rings (SSSR count). The largest absolute Gasteiger partial charge is 0.338 e. The summed E-state index contributed by atoms with van der Waals surface area (Å²) in [6, 6.07) is 1.86. The number of allylic oxidation sites excluding steroid dienone is 2. The third-order valence-electron chi connectivity index (χ3n) is 6.75. The van der Waals surface area contributed by atoms with Gasteiger partial charge in [0.1, 0.15) is 0 Å². The fraction of sp³-hybridized carbons (Fsp3) is 0.667. The van der Waals surface area contributed by atoms with Crippen LogP contribution >= 0.6 is 11.9 Å². The Kier molecular flexibility index (Phi) is 5.28. The van der Waals surface area contributed by atoms with Gasteiger partial charge in [-0.2, -0.15) is 0 Å². The summed E-state index contributed by atoms with van der Waals surface area (Å²) in [6.45, 7) is 6.14. The van der Waals surface area contributed by atoms with E-state index in [9.17, 15) is 4.79 Å². The number of carbonyl (C=O) groups is 1. The Hall–Kier alpha value is -1.60. The Morgan fingerprint density at radius 3 is 2.39 bits per heavy atom. The van der Waals surface area contributed by atoms with Crippen molar-refractivity contribution in [1.29, 1.82) is 0 Å². The van der Waals surface area contributed by atoms with Crippen molar-refractivity contribution in [2.24, 2.45) is 17.8 Å². The van der Waals surface area contributed by atoms with E-state index >= 15 is 0 Å². The molecule has 0 aromatic carbocycles. The third kappa shape index (κ3) is 3.54. The van der Waals surface area contributed by atoms with Gasteiger partial charge < -0.3 is 4.90 Å². The first kappa shape index (κ1) is 18.4. The predicted octanol–water partition coefficient (Wildman–Crippen LogP) is 2.45. The first-order chi connectivity index (χ1) is 13.8. The molecule has 3 heterocycles. The zero-order valence-electron chi connectivity index (χ0n) is 16.3. The van der Waals surface area contributed by atoms with Crippen molar-refractivity contribution in [3.63, 3.8) is 0 Å². The lowest BCUT2D eigenvalue weighted by Gasteiger charge is -2.38. The third-order valence-corrected chi connectivity index (χ3v) is 8.25. The van der Waals surface area contributed by atoms with E-state index in [-0.39, 0.29) is 5.92 Å². The number of unbranched alkanes of at least 4 members (excludes halogenated alkanes) is 1. The summed E-state index contributed by atoms with van der Waals surface area (Å²) in [5, 5.41) is 0.518. The van der Waals surface area contributed by atoms with Crippen LogP contribution in [0.3, 0.4) is 0 Å². The molecular weight excluding hydrogens is 370 g/mol. The molecule has 2 bridgehead atoms. The molecule has 3 aliphatic carbocycles. The summed E-state index contributed by atoms with van der Waals surface area (Å²) in [6.07, 6.45) is 13.1. The molecule has 28 heavy (non-hydrogen) atoms. The second-order valence-electron chi connectivity index (χ2n) is 8.41. The van der Waals surface area contributed by atoms with Crippen LogP contribution in [-0.2, 0) is 4.79 Å². The highest BCUT2D eigenvalue weighted by atomic mass is 32.2. The summed E-state index contributed by atoms with van der Waals surface area (Å²) in [7, 11) is 0. The standard InChI is InChI=1S/C21H29N5OS/c27-20-18-16-4-6-17(7-5-16)19(18)28-26(20)11-2-1-10-24-12-14-25(15-13-24)21-22-8-3-9-23-21/h3-4,6,8-9,16-19H,1-2,5,7,10-15H2. The second-order valence-corrected chi connectivity index (χ2v) is 9.61. The maximum absolute atomic E-state index is 12.8. The number of rotatable bonds is 6. The molecule has 0 spiro atoms. The molecular formula is C21H29N5OS. The number of hydrogen-bond donors (Lipinski definition) is 0. The van der Waals surface area contributed by atoms with Crippen LogP contribution in [0.25, 0.3) is 0 Å². The normalized spacial score (nSPS) is 32.2. The smallest absolute Gasteiger partial charge is 0.237 e. The highest BCUT2D eigenvalue weighted by molar-refractivity contribution is 7.98. The van der Waals surface area contributed by atoms with Gasteiger partial charge in [0.2, 0.25) is 11.9 Å². The summed E-state index contributed by atoms with van der Waals surface area (Å²) >= 11 is 1.85. The van der Waals surface area contributed by atoms with Gasteiger partial charge in [0.15, 0.2) is 0 Å². The molecule has 2 aliphatic heterocycles. The number of fused-ring (bicyclic) bond motifs is 1. The van der Waals surface area contributed by atoms with Crippen LogP contribution in [0.2, 0.25) is 0 Å². The van der Waals surface area contributed by atoms with Gasteiger partial charge in [-0.3, -0.25) is 14.0 Å². The van der Waals surface area contributed by atoms with Gasteiger partial charge >= 0.3 is 0 Å². The van der Waals surface area contributed by atoms with Crippen molar-refractivity contribution in [2.45, 2.75) is 30.9 Å². The molecule has 4 unspecified atom stereocenters. The number of nitrogens with zero attached hydrogens (tertiary/aromatic N) is 5. The fourth-order valence-electron chi connectivity index (χ4n) is 5.16. The summed E-state index contributed by atoms with van der Waals surface area (Å²) < 4.78 is 2.10. The summed E-state index contributed by atoms with van der Waals surface area (Å²) in [5.41, 5.74) is 0. The van der Waals surface area contributed by atoms with Crippen molar-refractivity contribution in [3.05, 3.63) is 30.6 Å². The topological polar surface area (TPSA) is 52.6 Å². The zero-order chi connectivity index (χ0) is 18.9. The number of carbonyl (C=O) groups excluding carboxylic acids is 1. The molecule has 0 N–H and O–H groups in total. The summed E-state index contributed by atoms with van der Waals surface area (Å²) in [4.78, 5) is 26.3. The van der Waals surface area contributed by atoms with Gasteiger partial charge in [0.25, 0.3) is 0 Å². The maximum atomic E-state index is 12.8. The lowest BCUT2D eigenvalue weighted by molar-refractivity contribution is -0.131. The van der Waals surface area contributed by atoms with E-state index in [0.717, 1.165) is 58.1 Å². The van der Waals surface area contributed by atoms with E-state index in [4.69, 9.17) is 0 Å². The Balaban J connectivity index is 1.03. The molecule has 3 fully saturated rings. The molecule has 6 nitrogen and oxygen atoms in total. The van der Waals surface area contributed by atoms with Gasteiger partial charge in [-0.1, -0.05) is 12.2 Å². The number of anilines is 1. The van der Waals surface area contributed by atoms with Crippen molar-refractivity contribution in [1.82, 2.24) is 19.2 Å². The van der Waals surface area contributed by atoms with Crippen molar-refractivity contribution < 1.29 is 4.79 Å². The number of hydrogen-bond acceptors (Lipinski definition) is 6. The van der Waals surface area contributed by atoms with Crippen LogP contribution < -0.4 is 4.90 Å². The Morgan fingerprint density at radius 1 is 0.964 bits per heavy atom. The van der Waals surface area contributed by atoms with E-state index in [1.165, 1.54) is 12.8 Å². The predicted molar refractivity (Wildman–Crippen MR) is 112 cm³/mol. The molecule has 0 radical (unpaired) electrons. The minimum atomic E-state index is 0.266. The van der Waals surface area contributed by atoms with Gasteiger partial charge in [0.05, 0.1) is 5.92 Å². The maximum Gasteiger partial charge on any atom is 0.237 e. The van der Waals surface area contributed by atoms with Crippen LogP contribution in [0.4, 0.5) is 5.95 Å². The lowest BCUT2D eigenvalue weighted by atomic mass is 9.68. The molecule has 1 saturated carbocycles. The second kappa shape index (κ2) is 8.03. The highest BCUT2D eigenvalue weighted by Crippen LogP contribution is 2.52. The number of piperazine rings is 1. The molecule has 5 aliphatic rings. The Morgan fingerprint density at radius 2 is 1.68 bits per heavy atom. The Labute approximate surface area is 171 Å². The number of amides is 1. The van der Waals surface area contributed by atoms with Crippen LogP contribution in [-0.4, -0.2) is 69.6 Å². The minimum Gasteiger partial charge on any atom is -0.338 e. The van der Waals surface area contributed by atoms with Crippen molar-refractivity contribution in [2.75, 3.05) is 44.2 Å². The van der Waals surface area contributed by atoms with E-state index in [1.807, 2.05) is 30.4 Å². The quantitative estimate of drug-likeness (QED) is 0.416. The van der Waals surface area contributed by atoms with E-state index < -0.39 is 0 Å². The average Bonchev–Trinajstić information content (AvgIpc) is 3.12. The van der Waals surface area contributed by atoms with Crippen molar-refractivity contribution in [3.8, 4) is 0 Å². The first-order valence-corrected chi connectivity index (χ1v) is 11.5. The summed E-state index contributed by atoms with van der Waals surface area (Å²) in [5.74, 6) is 2.65.